The van der Waals surface area contributed by atoms with Gasteiger partial charge in [-0.05, 0) is 44.4 Å². The third-order valence-corrected chi connectivity index (χ3v) is 5.15. The van der Waals surface area contributed by atoms with Crippen molar-refractivity contribution in [2.24, 2.45) is 0 Å². The van der Waals surface area contributed by atoms with Crippen molar-refractivity contribution < 1.29 is 18.9 Å². The van der Waals surface area contributed by atoms with E-state index in [4.69, 9.17) is 28.9 Å². The van der Waals surface area contributed by atoms with Gasteiger partial charge in [0, 0.05) is 13.2 Å². The van der Waals surface area contributed by atoms with E-state index in [1.807, 2.05) is 26.0 Å². The van der Waals surface area contributed by atoms with Crippen LogP contribution < -0.4 is 19.5 Å². The molecule has 0 bridgehead atoms. The highest BCUT2D eigenvalue weighted by Gasteiger charge is 2.23. The zero-order valence-corrected chi connectivity index (χ0v) is 18.8. The Bertz CT molecular complexity index is 797. The Morgan fingerprint density at radius 3 is 1.97 bits per heavy atom. The van der Waals surface area contributed by atoms with E-state index >= 15 is 0 Å². The number of benzene rings is 1. The van der Waals surface area contributed by atoms with Crippen molar-refractivity contribution in [2.45, 2.75) is 52.7 Å². The summed E-state index contributed by atoms with van der Waals surface area (Å²) in [7, 11) is 6.52. The number of hydrogen-bond acceptors (Lipinski definition) is 7. The van der Waals surface area contributed by atoms with Crippen LogP contribution in [-0.4, -0.2) is 44.4 Å². The van der Waals surface area contributed by atoms with Crippen LogP contribution in [-0.2, 0) is 4.74 Å². The second-order valence-electron chi connectivity index (χ2n) is 6.85. The zero-order valence-electron chi connectivity index (χ0n) is 18.8. The molecule has 0 aliphatic heterocycles. The molecular formula is C22H33N3O4. The van der Waals surface area contributed by atoms with Crippen LogP contribution in [0.5, 0.6) is 17.4 Å². The Balaban J connectivity index is 2.64. The Hall–Kier alpha value is -2.54. The molecule has 0 saturated heterocycles. The number of ether oxygens (including phenoxy) is 4. The number of hydrogen-bond donors (Lipinski definition) is 1. The van der Waals surface area contributed by atoms with Gasteiger partial charge in [0.25, 0.3) is 5.88 Å². The highest BCUT2D eigenvalue weighted by Crippen LogP contribution is 2.42. The first-order valence-corrected chi connectivity index (χ1v) is 9.92. The van der Waals surface area contributed by atoms with E-state index in [2.05, 4.69) is 19.2 Å². The molecule has 1 aromatic heterocycles. The number of aromatic nitrogens is 2. The van der Waals surface area contributed by atoms with Crippen molar-refractivity contribution in [3.05, 3.63) is 23.4 Å². The molecule has 0 aliphatic rings. The third-order valence-electron chi connectivity index (χ3n) is 5.15. The molecule has 0 spiro atoms. The molecule has 0 radical (unpaired) electrons. The number of aryl methyl sites for hydroxylation is 1. The van der Waals surface area contributed by atoms with Gasteiger partial charge in [0.2, 0.25) is 0 Å². The minimum Gasteiger partial charge on any atom is -0.496 e. The number of anilines is 1. The molecule has 0 saturated carbocycles. The molecule has 160 valence electrons. The van der Waals surface area contributed by atoms with E-state index in [-0.39, 0.29) is 6.10 Å². The molecule has 1 aromatic carbocycles. The number of nitrogens with zero attached hydrogens (tertiary/aromatic N) is 2. The van der Waals surface area contributed by atoms with Crippen LogP contribution in [0.2, 0.25) is 0 Å². The summed E-state index contributed by atoms with van der Waals surface area (Å²) in [6.45, 7) is 8.17. The van der Waals surface area contributed by atoms with Crippen molar-refractivity contribution in [2.75, 3.05) is 33.8 Å². The molecule has 1 unspecified atom stereocenters. The van der Waals surface area contributed by atoms with E-state index in [0.29, 0.717) is 34.9 Å². The van der Waals surface area contributed by atoms with Gasteiger partial charge in [-0.25, -0.2) is 9.97 Å². The monoisotopic (exact) mass is 403 g/mol. The first kappa shape index (κ1) is 22.7. The topological polar surface area (TPSA) is 74.7 Å². The van der Waals surface area contributed by atoms with E-state index in [1.54, 1.807) is 28.4 Å². The summed E-state index contributed by atoms with van der Waals surface area (Å²) in [5.74, 6) is 2.37. The first-order valence-electron chi connectivity index (χ1n) is 9.92. The summed E-state index contributed by atoms with van der Waals surface area (Å²) in [6, 6.07) is 4.19. The second kappa shape index (κ2) is 10.3. The molecule has 1 atom stereocenters. The van der Waals surface area contributed by atoms with Crippen molar-refractivity contribution in [1.82, 2.24) is 9.97 Å². The highest BCUT2D eigenvalue weighted by atomic mass is 16.5. The Labute approximate surface area is 173 Å². The maximum atomic E-state index is 5.68. The van der Waals surface area contributed by atoms with E-state index in [0.717, 1.165) is 29.7 Å². The highest BCUT2D eigenvalue weighted by molar-refractivity contribution is 5.77. The summed E-state index contributed by atoms with van der Waals surface area (Å²) in [4.78, 5) is 9.50. The second-order valence-corrected chi connectivity index (χ2v) is 6.85. The maximum Gasteiger partial charge on any atom is 0.257 e. The van der Waals surface area contributed by atoms with Gasteiger partial charge in [0.15, 0.2) is 5.82 Å². The van der Waals surface area contributed by atoms with Gasteiger partial charge in [0.1, 0.15) is 17.2 Å². The van der Waals surface area contributed by atoms with E-state index in [1.165, 1.54) is 0 Å². The van der Waals surface area contributed by atoms with Gasteiger partial charge >= 0.3 is 0 Å². The normalized spacial score (nSPS) is 12.0. The first-order chi connectivity index (χ1) is 13.9. The molecule has 0 amide bonds. The number of nitrogens with one attached hydrogen (secondary N) is 1. The number of rotatable bonds is 10. The summed E-state index contributed by atoms with van der Waals surface area (Å²) in [5.41, 5.74) is 3.10. The van der Waals surface area contributed by atoms with Gasteiger partial charge in [-0.3, -0.25) is 0 Å². The fourth-order valence-electron chi connectivity index (χ4n) is 3.20. The van der Waals surface area contributed by atoms with Crippen LogP contribution >= 0.6 is 0 Å². The standard InChI is InChI=1S/C22H33N3O4/c1-9-16(10-2)24-21-22(29-8)25-20(13(3)23-21)19-17(27-6)11-15(14(4)26-5)12-18(19)28-7/h11-12,14,16H,9-10H2,1-8H3,(H,23,24). The molecule has 0 aliphatic carbocycles. The fraction of sp³-hybridized carbons (Fsp3) is 0.545. The molecule has 7 nitrogen and oxygen atoms in total. The van der Waals surface area contributed by atoms with Gasteiger partial charge < -0.3 is 24.3 Å². The average Bonchev–Trinajstić information content (AvgIpc) is 2.75. The van der Waals surface area contributed by atoms with Crippen molar-refractivity contribution in [1.29, 1.82) is 0 Å². The molecule has 0 fully saturated rings. The minimum atomic E-state index is -0.0971. The minimum absolute atomic E-state index is 0.0971. The average molecular weight is 404 g/mol. The maximum absolute atomic E-state index is 5.68. The van der Waals surface area contributed by atoms with Crippen LogP contribution in [0.25, 0.3) is 11.3 Å². The van der Waals surface area contributed by atoms with Gasteiger partial charge in [-0.15, -0.1) is 0 Å². The van der Waals surface area contributed by atoms with Gasteiger partial charge in [-0.2, -0.15) is 0 Å². The molecule has 1 N–H and O–H groups in total. The van der Waals surface area contributed by atoms with Crippen molar-refractivity contribution in [3.63, 3.8) is 0 Å². The molecule has 7 heteroatoms. The van der Waals surface area contributed by atoms with Crippen LogP contribution in [0.15, 0.2) is 12.1 Å². The molecule has 2 aromatic rings. The molecule has 29 heavy (non-hydrogen) atoms. The lowest BCUT2D eigenvalue weighted by Gasteiger charge is -2.21. The predicted octanol–water partition coefficient (Wildman–Crippen LogP) is 4.79. The van der Waals surface area contributed by atoms with Crippen LogP contribution in [0.1, 0.15) is 51.0 Å². The largest absolute Gasteiger partial charge is 0.496 e. The lowest BCUT2D eigenvalue weighted by atomic mass is 10.0. The van der Waals surface area contributed by atoms with Crippen LogP contribution in [0.4, 0.5) is 5.82 Å². The summed E-state index contributed by atoms with van der Waals surface area (Å²) >= 11 is 0. The van der Waals surface area contributed by atoms with E-state index in [9.17, 15) is 0 Å². The zero-order chi connectivity index (χ0) is 21.6. The summed E-state index contributed by atoms with van der Waals surface area (Å²) < 4.78 is 22.3. The van der Waals surface area contributed by atoms with Gasteiger partial charge in [-0.1, -0.05) is 13.8 Å². The smallest absolute Gasteiger partial charge is 0.257 e. The lowest BCUT2D eigenvalue weighted by Crippen LogP contribution is -2.19. The van der Waals surface area contributed by atoms with Crippen LogP contribution in [0.3, 0.4) is 0 Å². The van der Waals surface area contributed by atoms with Gasteiger partial charge in [0.05, 0.1) is 38.7 Å². The Morgan fingerprint density at radius 2 is 1.52 bits per heavy atom. The molecule has 1 heterocycles. The van der Waals surface area contributed by atoms with E-state index < -0.39 is 0 Å². The lowest BCUT2D eigenvalue weighted by molar-refractivity contribution is 0.119. The fourth-order valence-corrected chi connectivity index (χ4v) is 3.20. The van der Waals surface area contributed by atoms with Crippen molar-refractivity contribution >= 4 is 5.82 Å². The summed E-state index contributed by atoms with van der Waals surface area (Å²) in [5, 5.41) is 3.43. The predicted molar refractivity (Wildman–Crippen MR) is 115 cm³/mol. The number of methoxy groups -OCH3 is 4. The quantitative estimate of drug-likeness (QED) is 0.611. The van der Waals surface area contributed by atoms with Crippen LogP contribution in [0, 0.1) is 6.92 Å². The molecular weight excluding hydrogens is 370 g/mol. The molecule has 2 rings (SSSR count). The summed E-state index contributed by atoms with van der Waals surface area (Å²) in [6.07, 6.45) is 1.88. The van der Waals surface area contributed by atoms with Crippen molar-refractivity contribution in [3.8, 4) is 28.6 Å². The Kier molecular flexibility index (Phi) is 8.08. The third kappa shape index (κ3) is 4.90. The Morgan fingerprint density at radius 1 is 0.931 bits per heavy atom. The SMILES string of the molecule is CCC(CC)Nc1nc(C)c(-c2c(OC)cc(C(C)OC)cc2OC)nc1OC.